The van der Waals surface area contributed by atoms with E-state index in [1.807, 2.05) is 0 Å². The molecule has 0 bridgehead atoms. The van der Waals surface area contributed by atoms with Crippen molar-refractivity contribution in [2.24, 2.45) is 5.92 Å². The maximum atomic E-state index is 3.49. The summed E-state index contributed by atoms with van der Waals surface area (Å²) in [5.41, 5.74) is 4.16. The summed E-state index contributed by atoms with van der Waals surface area (Å²) in [6.45, 7) is 11.0. The van der Waals surface area contributed by atoms with Gasteiger partial charge in [-0.05, 0) is 43.9 Å². The first-order chi connectivity index (χ1) is 7.09. The highest BCUT2D eigenvalue weighted by atomic mass is 14.8. The summed E-state index contributed by atoms with van der Waals surface area (Å²) in [6, 6.07) is 6.67. The molecule has 0 aliphatic rings. The van der Waals surface area contributed by atoms with E-state index in [9.17, 15) is 0 Å². The molecule has 0 unspecified atom stereocenters. The van der Waals surface area contributed by atoms with Gasteiger partial charge in [0, 0.05) is 6.54 Å². The summed E-state index contributed by atoms with van der Waals surface area (Å²) in [6.07, 6.45) is 1.25. The van der Waals surface area contributed by atoms with Crippen LogP contribution >= 0.6 is 0 Å². The average molecular weight is 205 g/mol. The highest BCUT2D eigenvalue weighted by molar-refractivity contribution is 5.30. The van der Waals surface area contributed by atoms with Crippen LogP contribution in [0.4, 0.5) is 0 Å². The minimum atomic E-state index is 0.789. The van der Waals surface area contributed by atoms with Gasteiger partial charge in [-0.15, -0.1) is 0 Å². The summed E-state index contributed by atoms with van der Waals surface area (Å²) in [4.78, 5) is 0. The molecule has 15 heavy (non-hydrogen) atoms. The predicted octanol–water partition coefficient (Wildman–Crippen LogP) is 3.44. The second-order valence-corrected chi connectivity index (χ2v) is 4.79. The molecule has 0 aliphatic carbocycles. The van der Waals surface area contributed by atoms with Crippen LogP contribution in [-0.2, 0) is 6.54 Å². The molecule has 0 amide bonds. The van der Waals surface area contributed by atoms with E-state index >= 15 is 0 Å². The van der Waals surface area contributed by atoms with Crippen molar-refractivity contribution in [2.75, 3.05) is 6.54 Å². The fraction of sp³-hybridized carbons (Fsp3) is 0.571. The molecule has 0 atom stereocenters. The Morgan fingerprint density at radius 3 is 2.53 bits per heavy atom. The standard InChI is InChI=1S/C14H23N/c1-11(2)7-8-15-10-14-6-5-12(3)9-13(14)4/h5-6,9,11,15H,7-8,10H2,1-4H3. The van der Waals surface area contributed by atoms with Crippen molar-refractivity contribution in [1.82, 2.24) is 5.32 Å². The Morgan fingerprint density at radius 2 is 1.93 bits per heavy atom. The van der Waals surface area contributed by atoms with Crippen LogP contribution in [0.5, 0.6) is 0 Å². The molecule has 0 aromatic heterocycles. The van der Waals surface area contributed by atoms with Crippen molar-refractivity contribution in [1.29, 1.82) is 0 Å². The zero-order valence-electron chi connectivity index (χ0n) is 10.4. The maximum absolute atomic E-state index is 3.49. The minimum Gasteiger partial charge on any atom is -0.313 e. The monoisotopic (exact) mass is 205 g/mol. The van der Waals surface area contributed by atoms with Crippen LogP contribution in [0.15, 0.2) is 18.2 Å². The molecule has 1 N–H and O–H groups in total. The lowest BCUT2D eigenvalue weighted by Gasteiger charge is -2.09. The first kappa shape index (κ1) is 12.3. The lowest BCUT2D eigenvalue weighted by Crippen LogP contribution is -2.16. The van der Waals surface area contributed by atoms with Gasteiger partial charge in [-0.1, -0.05) is 37.6 Å². The van der Waals surface area contributed by atoms with Gasteiger partial charge >= 0.3 is 0 Å². The minimum absolute atomic E-state index is 0.789. The number of rotatable bonds is 5. The fourth-order valence-electron chi connectivity index (χ4n) is 1.66. The van der Waals surface area contributed by atoms with Crippen LogP contribution in [-0.4, -0.2) is 6.54 Å². The Labute approximate surface area is 93.9 Å². The van der Waals surface area contributed by atoms with E-state index < -0.39 is 0 Å². The first-order valence-electron chi connectivity index (χ1n) is 5.86. The van der Waals surface area contributed by atoms with Crippen molar-refractivity contribution >= 4 is 0 Å². The second-order valence-electron chi connectivity index (χ2n) is 4.79. The number of nitrogens with one attached hydrogen (secondary N) is 1. The molecule has 1 aromatic carbocycles. The summed E-state index contributed by atoms with van der Waals surface area (Å²) >= 11 is 0. The van der Waals surface area contributed by atoms with E-state index in [1.54, 1.807) is 0 Å². The SMILES string of the molecule is Cc1ccc(CNCCC(C)C)c(C)c1. The quantitative estimate of drug-likeness (QED) is 0.726. The van der Waals surface area contributed by atoms with Crippen molar-refractivity contribution in [2.45, 2.75) is 40.7 Å². The molecule has 0 fully saturated rings. The highest BCUT2D eigenvalue weighted by Gasteiger charge is 1.98. The van der Waals surface area contributed by atoms with Crippen LogP contribution in [0, 0.1) is 19.8 Å². The predicted molar refractivity (Wildman–Crippen MR) is 67.1 cm³/mol. The summed E-state index contributed by atoms with van der Waals surface area (Å²) in [7, 11) is 0. The second kappa shape index (κ2) is 5.92. The molecule has 0 saturated carbocycles. The van der Waals surface area contributed by atoms with Crippen LogP contribution in [0.25, 0.3) is 0 Å². The molecular weight excluding hydrogens is 182 g/mol. The van der Waals surface area contributed by atoms with E-state index in [4.69, 9.17) is 0 Å². The number of aryl methyl sites for hydroxylation is 2. The van der Waals surface area contributed by atoms with Crippen LogP contribution in [0.1, 0.15) is 37.0 Å². The van der Waals surface area contributed by atoms with Gasteiger partial charge in [0.1, 0.15) is 0 Å². The van der Waals surface area contributed by atoms with Crippen molar-refractivity contribution in [3.05, 3.63) is 34.9 Å². The molecule has 1 nitrogen and oxygen atoms in total. The Morgan fingerprint density at radius 1 is 1.20 bits per heavy atom. The first-order valence-corrected chi connectivity index (χ1v) is 5.86. The zero-order chi connectivity index (χ0) is 11.3. The molecule has 1 rings (SSSR count). The Kier molecular flexibility index (Phi) is 4.83. The lowest BCUT2D eigenvalue weighted by molar-refractivity contribution is 0.537. The van der Waals surface area contributed by atoms with E-state index in [1.165, 1.54) is 23.1 Å². The Balaban J connectivity index is 2.37. The maximum Gasteiger partial charge on any atom is 0.0208 e. The van der Waals surface area contributed by atoms with Gasteiger partial charge in [0.05, 0.1) is 0 Å². The van der Waals surface area contributed by atoms with E-state index in [2.05, 4.69) is 51.2 Å². The third-order valence-corrected chi connectivity index (χ3v) is 2.71. The largest absolute Gasteiger partial charge is 0.313 e. The Hall–Kier alpha value is -0.820. The molecule has 84 valence electrons. The molecular formula is C14H23N. The number of benzene rings is 1. The van der Waals surface area contributed by atoms with Crippen LogP contribution in [0.2, 0.25) is 0 Å². The van der Waals surface area contributed by atoms with Gasteiger partial charge in [0.25, 0.3) is 0 Å². The van der Waals surface area contributed by atoms with E-state index in [0.717, 1.165) is 19.0 Å². The number of hydrogen-bond donors (Lipinski definition) is 1. The number of hydrogen-bond acceptors (Lipinski definition) is 1. The van der Waals surface area contributed by atoms with Crippen molar-refractivity contribution in [3.8, 4) is 0 Å². The van der Waals surface area contributed by atoms with Gasteiger partial charge < -0.3 is 5.32 Å². The van der Waals surface area contributed by atoms with Crippen molar-refractivity contribution in [3.63, 3.8) is 0 Å². The summed E-state index contributed by atoms with van der Waals surface area (Å²) < 4.78 is 0. The molecule has 0 aliphatic heterocycles. The lowest BCUT2D eigenvalue weighted by atomic mass is 10.1. The molecule has 0 heterocycles. The normalized spacial score (nSPS) is 11.0. The van der Waals surface area contributed by atoms with Crippen LogP contribution in [0.3, 0.4) is 0 Å². The van der Waals surface area contributed by atoms with Gasteiger partial charge in [0.15, 0.2) is 0 Å². The molecule has 0 radical (unpaired) electrons. The smallest absolute Gasteiger partial charge is 0.0208 e. The van der Waals surface area contributed by atoms with E-state index in [-0.39, 0.29) is 0 Å². The highest BCUT2D eigenvalue weighted by Crippen LogP contribution is 2.10. The molecule has 0 saturated heterocycles. The topological polar surface area (TPSA) is 12.0 Å². The third kappa shape index (κ3) is 4.48. The van der Waals surface area contributed by atoms with Gasteiger partial charge in [0.2, 0.25) is 0 Å². The summed E-state index contributed by atoms with van der Waals surface area (Å²) in [5, 5.41) is 3.49. The van der Waals surface area contributed by atoms with Gasteiger partial charge in [-0.2, -0.15) is 0 Å². The molecule has 1 heteroatoms. The fourth-order valence-corrected chi connectivity index (χ4v) is 1.66. The molecule has 0 spiro atoms. The Bertz CT molecular complexity index is 302. The zero-order valence-corrected chi connectivity index (χ0v) is 10.4. The van der Waals surface area contributed by atoms with Crippen LogP contribution < -0.4 is 5.32 Å². The van der Waals surface area contributed by atoms with Gasteiger partial charge in [-0.3, -0.25) is 0 Å². The van der Waals surface area contributed by atoms with Crippen molar-refractivity contribution < 1.29 is 0 Å². The van der Waals surface area contributed by atoms with E-state index in [0.29, 0.717) is 0 Å². The average Bonchev–Trinajstić information content (AvgIpc) is 2.14. The third-order valence-electron chi connectivity index (χ3n) is 2.71. The summed E-state index contributed by atoms with van der Waals surface area (Å²) in [5.74, 6) is 0.789. The van der Waals surface area contributed by atoms with Gasteiger partial charge in [-0.25, -0.2) is 0 Å². The molecule has 1 aromatic rings.